The van der Waals surface area contributed by atoms with Crippen LogP contribution in [0.4, 0.5) is 0 Å². The summed E-state index contributed by atoms with van der Waals surface area (Å²) in [5.41, 5.74) is 2.18. The van der Waals surface area contributed by atoms with E-state index in [4.69, 9.17) is 10.8 Å². The molecule has 17 heavy (non-hydrogen) atoms. The van der Waals surface area contributed by atoms with Crippen LogP contribution in [-0.2, 0) is 6.54 Å². The lowest BCUT2D eigenvalue weighted by Gasteiger charge is -2.02. The molecule has 1 N–H and O–H groups in total. The number of benzene rings is 1. The third kappa shape index (κ3) is 3.12. The van der Waals surface area contributed by atoms with Crippen LogP contribution in [0.1, 0.15) is 24.8 Å². The molecule has 1 aromatic heterocycles. The van der Waals surface area contributed by atoms with E-state index < -0.39 is 0 Å². The summed E-state index contributed by atoms with van der Waals surface area (Å²) in [5, 5.41) is 4.61. The number of nitrogens with one attached hydrogen (secondary N) is 1. The number of rotatable bonds is 6. The summed E-state index contributed by atoms with van der Waals surface area (Å²) in [6.45, 7) is 1.86. The summed E-state index contributed by atoms with van der Waals surface area (Å²) in [6.07, 6.45) is 10.1. The maximum absolute atomic E-state index is 5.48. The Kier molecular flexibility index (Phi) is 4.23. The molecule has 0 bridgehead atoms. The summed E-state index contributed by atoms with van der Waals surface area (Å²) in [7, 11) is 0. The van der Waals surface area contributed by atoms with Crippen LogP contribution in [0.5, 0.6) is 0 Å². The van der Waals surface area contributed by atoms with Gasteiger partial charge in [-0.05, 0) is 25.5 Å². The van der Waals surface area contributed by atoms with Crippen LogP contribution in [0.25, 0.3) is 11.0 Å². The van der Waals surface area contributed by atoms with Crippen molar-refractivity contribution in [2.75, 3.05) is 6.54 Å². The predicted molar refractivity (Wildman–Crippen MR) is 70.6 cm³/mol. The quantitative estimate of drug-likeness (QED) is 0.605. The van der Waals surface area contributed by atoms with E-state index in [0.29, 0.717) is 0 Å². The fourth-order valence-electron chi connectivity index (χ4n) is 1.87. The van der Waals surface area contributed by atoms with Gasteiger partial charge in [0.25, 0.3) is 0 Å². The Morgan fingerprint density at radius 3 is 3.00 bits per heavy atom. The molecule has 2 aromatic rings. The molecule has 0 amide bonds. The highest BCUT2D eigenvalue weighted by Gasteiger charge is 2.03. The van der Waals surface area contributed by atoms with Crippen molar-refractivity contribution in [2.24, 2.45) is 0 Å². The third-order valence-electron chi connectivity index (χ3n) is 2.80. The van der Waals surface area contributed by atoms with Gasteiger partial charge in [0.1, 0.15) is 5.58 Å². The van der Waals surface area contributed by atoms with Crippen LogP contribution < -0.4 is 5.32 Å². The molecule has 2 nitrogen and oxygen atoms in total. The lowest BCUT2D eigenvalue weighted by molar-refractivity contribution is 0.594. The molecule has 2 rings (SSSR count). The van der Waals surface area contributed by atoms with Crippen LogP contribution in [-0.4, -0.2) is 6.54 Å². The van der Waals surface area contributed by atoms with Gasteiger partial charge in [-0.25, -0.2) is 0 Å². The molecule has 0 spiro atoms. The minimum Gasteiger partial charge on any atom is -0.464 e. The lowest BCUT2D eigenvalue weighted by atomic mass is 10.2. The summed E-state index contributed by atoms with van der Waals surface area (Å²) < 4.78 is 5.48. The van der Waals surface area contributed by atoms with E-state index in [-0.39, 0.29) is 0 Å². The van der Waals surface area contributed by atoms with Gasteiger partial charge in [0.05, 0.1) is 6.26 Å². The number of terminal acetylenes is 1. The van der Waals surface area contributed by atoms with Gasteiger partial charge in [0, 0.05) is 23.9 Å². The van der Waals surface area contributed by atoms with Crippen molar-refractivity contribution >= 4 is 11.0 Å². The Hall–Kier alpha value is -1.72. The number of hydrogen-bond donors (Lipinski definition) is 1. The molecule has 0 fully saturated rings. The van der Waals surface area contributed by atoms with Crippen LogP contribution in [0.2, 0.25) is 0 Å². The Morgan fingerprint density at radius 2 is 2.12 bits per heavy atom. The second-order valence-electron chi connectivity index (χ2n) is 4.10. The van der Waals surface area contributed by atoms with Gasteiger partial charge in [-0.1, -0.05) is 18.2 Å². The topological polar surface area (TPSA) is 25.2 Å². The molecule has 0 unspecified atom stereocenters. The van der Waals surface area contributed by atoms with Crippen LogP contribution in [0, 0.1) is 12.3 Å². The molecular formula is C15H17NO. The zero-order valence-corrected chi connectivity index (χ0v) is 9.91. The molecule has 1 heterocycles. The molecule has 0 saturated heterocycles. The minimum absolute atomic E-state index is 0.854. The zero-order valence-electron chi connectivity index (χ0n) is 9.91. The Balaban J connectivity index is 1.81. The van der Waals surface area contributed by atoms with E-state index in [1.165, 1.54) is 10.9 Å². The second kappa shape index (κ2) is 6.12. The lowest BCUT2D eigenvalue weighted by Crippen LogP contribution is -2.14. The van der Waals surface area contributed by atoms with E-state index in [9.17, 15) is 0 Å². The maximum Gasteiger partial charge on any atom is 0.134 e. The highest BCUT2D eigenvalue weighted by atomic mass is 16.3. The van der Waals surface area contributed by atoms with Crippen molar-refractivity contribution in [1.82, 2.24) is 5.32 Å². The molecule has 1 aromatic carbocycles. The predicted octanol–water partition coefficient (Wildman–Crippen LogP) is 3.33. The van der Waals surface area contributed by atoms with Crippen LogP contribution in [0.15, 0.2) is 34.9 Å². The highest BCUT2D eigenvalue weighted by molar-refractivity contribution is 5.80. The Labute approximate surface area is 102 Å². The Bertz CT molecular complexity index is 507. The molecular weight excluding hydrogens is 210 g/mol. The largest absolute Gasteiger partial charge is 0.464 e. The van der Waals surface area contributed by atoms with Gasteiger partial charge in [0.15, 0.2) is 0 Å². The van der Waals surface area contributed by atoms with Gasteiger partial charge in [0.2, 0.25) is 0 Å². The smallest absolute Gasteiger partial charge is 0.134 e. The minimum atomic E-state index is 0.854. The number of unbranched alkanes of at least 4 members (excludes halogenated alkanes) is 2. The van der Waals surface area contributed by atoms with Gasteiger partial charge in [-0.2, -0.15) is 0 Å². The molecule has 0 saturated carbocycles. The monoisotopic (exact) mass is 227 g/mol. The molecule has 0 radical (unpaired) electrons. The average molecular weight is 227 g/mol. The molecule has 2 heteroatoms. The van der Waals surface area contributed by atoms with Crippen molar-refractivity contribution in [3.8, 4) is 12.3 Å². The zero-order chi connectivity index (χ0) is 11.9. The first-order valence-corrected chi connectivity index (χ1v) is 6.01. The number of para-hydroxylation sites is 1. The third-order valence-corrected chi connectivity index (χ3v) is 2.80. The van der Waals surface area contributed by atoms with Gasteiger partial charge < -0.3 is 9.73 Å². The SMILES string of the molecule is C#CCCCCNCc1coc2ccccc12. The maximum atomic E-state index is 5.48. The van der Waals surface area contributed by atoms with E-state index in [1.54, 1.807) is 0 Å². The van der Waals surface area contributed by atoms with Crippen LogP contribution in [0.3, 0.4) is 0 Å². The number of furan rings is 1. The summed E-state index contributed by atoms with van der Waals surface area (Å²) in [6, 6.07) is 8.11. The van der Waals surface area contributed by atoms with Crippen molar-refractivity contribution in [2.45, 2.75) is 25.8 Å². The van der Waals surface area contributed by atoms with E-state index in [2.05, 4.69) is 17.3 Å². The van der Waals surface area contributed by atoms with E-state index in [0.717, 1.165) is 37.9 Å². The van der Waals surface area contributed by atoms with Crippen molar-refractivity contribution < 1.29 is 4.42 Å². The highest BCUT2D eigenvalue weighted by Crippen LogP contribution is 2.20. The number of hydrogen-bond acceptors (Lipinski definition) is 2. The summed E-state index contributed by atoms with van der Waals surface area (Å²) >= 11 is 0. The first-order chi connectivity index (χ1) is 8.42. The fourth-order valence-corrected chi connectivity index (χ4v) is 1.87. The first-order valence-electron chi connectivity index (χ1n) is 6.01. The average Bonchev–Trinajstić information content (AvgIpc) is 2.77. The van der Waals surface area contributed by atoms with Crippen molar-refractivity contribution in [1.29, 1.82) is 0 Å². The molecule has 0 aliphatic heterocycles. The van der Waals surface area contributed by atoms with Crippen molar-refractivity contribution in [3.05, 3.63) is 36.1 Å². The van der Waals surface area contributed by atoms with Crippen molar-refractivity contribution in [3.63, 3.8) is 0 Å². The standard InChI is InChI=1S/C15H17NO/c1-2-3-4-7-10-16-11-13-12-17-15-9-6-5-8-14(13)15/h1,5-6,8-9,12,16H,3-4,7,10-11H2. The van der Waals surface area contributed by atoms with Gasteiger partial charge >= 0.3 is 0 Å². The number of fused-ring (bicyclic) bond motifs is 1. The van der Waals surface area contributed by atoms with Gasteiger partial charge in [-0.3, -0.25) is 0 Å². The molecule has 0 aliphatic carbocycles. The van der Waals surface area contributed by atoms with Crippen LogP contribution >= 0.6 is 0 Å². The van der Waals surface area contributed by atoms with E-state index >= 15 is 0 Å². The molecule has 0 atom stereocenters. The first kappa shape index (κ1) is 11.8. The summed E-state index contributed by atoms with van der Waals surface area (Å²) in [4.78, 5) is 0. The summed E-state index contributed by atoms with van der Waals surface area (Å²) in [5.74, 6) is 2.65. The molecule has 0 aliphatic rings. The van der Waals surface area contributed by atoms with E-state index in [1.807, 2.05) is 24.5 Å². The van der Waals surface area contributed by atoms with Gasteiger partial charge in [-0.15, -0.1) is 12.3 Å². The normalized spacial score (nSPS) is 10.5. The molecule has 88 valence electrons. The second-order valence-corrected chi connectivity index (χ2v) is 4.10. The fraction of sp³-hybridized carbons (Fsp3) is 0.333. The Morgan fingerprint density at radius 1 is 1.24 bits per heavy atom.